The summed E-state index contributed by atoms with van der Waals surface area (Å²) in [6.45, 7) is 1.65. The molecule has 1 N–H and O–H groups in total. The lowest BCUT2D eigenvalue weighted by molar-refractivity contribution is -0.386. The Morgan fingerprint density at radius 3 is 2.34 bits per heavy atom. The molecule has 4 rings (SSSR count). The van der Waals surface area contributed by atoms with Crippen LogP contribution in [0.4, 0.5) is 11.4 Å². The summed E-state index contributed by atoms with van der Waals surface area (Å²) < 4.78 is 16.0. The van der Waals surface area contributed by atoms with Gasteiger partial charge in [-0.25, -0.2) is 9.80 Å². The molecule has 1 aliphatic heterocycles. The number of nitrogens with zero attached hydrogens (tertiary/aromatic N) is 3. The molecule has 0 fully saturated rings. The molecular weight excluding hydrogens is 514 g/mol. The van der Waals surface area contributed by atoms with Gasteiger partial charge >= 0.3 is 5.97 Å². The van der Waals surface area contributed by atoms with E-state index in [2.05, 4.69) is 0 Å². The van der Waals surface area contributed by atoms with Gasteiger partial charge in [0.1, 0.15) is 6.10 Å². The van der Waals surface area contributed by atoms with Crippen LogP contribution in [0.15, 0.2) is 71.8 Å². The molecule has 0 bridgehead atoms. The lowest BCUT2D eigenvalue weighted by Crippen LogP contribution is -2.55. The van der Waals surface area contributed by atoms with E-state index in [4.69, 9.17) is 30.9 Å². The van der Waals surface area contributed by atoms with E-state index in [1.54, 1.807) is 31.2 Å². The van der Waals surface area contributed by atoms with Crippen molar-refractivity contribution in [1.82, 2.24) is 0 Å². The van der Waals surface area contributed by atoms with E-state index in [0.29, 0.717) is 22.0 Å². The Morgan fingerprint density at radius 1 is 1.13 bits per heavy atom. The van der Waals surface area contributed by atoms with Gasteiger partial charge in [0.15, 0.2) is 17.0 Å². The molecule has 198 valence electrons. The number of aliphatic hydroxyl groups is 1. The minimum absolute atomic E-state index is 0.0104. The predicted octanol–water partition coefficient (Wildman–Crippen LogP) is 4.92. The van der Waals surface area contributed by atoms with Gasteiger partial charge in [0.2, 0.25) is 0 Å². The molecule has 2 atom stereocenters. The van der Waals surface area contributed by atoms with E-state index in [1.807, 2.05) is 30.3 Å². The van der Waals surface area contributed by atoms with Crippen molar-refractivity contribution < 1.29 is 29.0 Å². The smallest absolute Gasteiger partial charge is 0.337 e. The Balaban J connectivity index is 1.98. The number of carbonyl (C=O) groups is 1. The molecule has 0 spiro atoms. The molecule has 0 saturated carbocycles. The van der Waals surface area contributed by atoms with E-state index >= 15 is 0 Å². The first kappa shape index (κ1) is 26.9. The van der Waals surface area contributed by atoms with Crippen LogP contribution in [0.2, 0.25) is 5.02 Å². The van der Waals surface area contributed by atoms with Crippen LogP contribution in [0.3, 0.4) is 0 Å². The molecule has 1 aliphatic rings. The number of aliphatic hydroxyl groups excluding tert-OH is 1. The third-order valence-electron chi connectivity index (χ3n) is 6.32. The van der Waals surface area contributed by atoms with Crippen molar-refractivity contribution in [2.75, 3.05) is 25.8 Å². The first-order chi connectivity index (χ1) is 18.3. The van der Waals surface area contributed by atoms with Gasteiger partial charge in [0.05, 0.1) is 48.8 Å². The Hall–Kier alpha value is -4.15. The van der Waals surface area contributed by atoms with Gasteiger partial charge in [0.25, 0.3) is 5.69 Å². The number of hydrazone groups is 1. The van der Waals surface area contributed by atoms with E-state index in [1.165, 1.54) is 25.3 Å². The molecule has 3 aromatic rings. The molecule has 0 saturated heterocycles. The van der Waals surface area contributed by atoms with Crippen molar-refractivity contribution >= 4 is 34.7 Å². The van der Waals surface area contributed by atoms with Crippen LogP contribution in [-0.2, 0) is 9.53 Å². The number of carbonyl (C=O) groups excluding carboxylic acids is 1. The van der Waals surface area contributed by atoms with Crippen molar-refractivity contribution in [2.24, 2.45) is 5.10 Å². The van der Waals surface area contributed by atoms with E-state index in [0.717, 1.165) is 6.07 Å². The first-order valence-electron chi connectivity index (χ1n) is 11.7. The highest BCUT2D eigenvalue weighted by Crippen LogP contribution is 2.48. The molecule has 10 nitrogen and oxygen atoms in total. The summed E-state index contributed by atoms with van der Waals surface area (Å²) in [6.07, 6.45) is -1.88. The van der Waals surface area contributed by atoms with E-state index in [9.17, 15) is 20.0 Å². The summed E-state index contributed by atoms with van der Waals surface area (Å²) in [4.78, 5) is 25.3. The Labute approximate surface area is 224 Å². The molecule has 0 amide bonds. The van der Waals surface area contributed by atoms with Crippen molar-refractivity contribution in [3.63, 3.8) is 0 Å². The van der Waals surface area contributed by atoms with E-state index in [-0.39, 0.29) is 30.1 Å². The van der Waals surface area contributed by atoms with Gasteiger partial charge in [0, 0.05) is 11.4 Å². The number of benzene rings is 3. The average Bonchev–Trinajstić information content (AvgIpc) is 3.34. The van der Waals surface area contributed by atoms with E-state index < -0.39 is 28.2 Å². The fourth-order valence-corrected chi connectivity index (χ4v) is 4.62. The zero-order valence-corrected chi connectivity index (χ0v) is 21.7. The monoisotopic (exact) mass is 539 g/mol. The number of anilines is 1. The topological polar surface area (TPSA) is 124 Å². The predicted molar refractivity (Wildman–Crippen MR) is 142 cm³/mol. The average molecular weight is 540 g/mol. The number of hydrogen-bond donors (Lipinski definition) is 1. The summed E-state index contributed by atoms with van der Waals surface area (Å²) in [6, 6.07) is 18.1. The molecule has 0 aromatic heterocycles. The van der Waals surface area contributed by atoms with Crippen LogP contribution < -0.4 is 14.5 Å². The zero-order valence-electron chi connectivity index (χ0n) is 21.0. The third kappa shape index (κ3) is 4.75. The number of nitro groups is 1. The van der Waals surface area contributed by atoms with Gasteiger partial charge in [-0.3, -0.25) is 10.1 Å². The molecule has 1 heterocycles. The number of hydrogen-bond acceptors (Lipinski definition) is 9. The third-order valence-corrected chi connectivity index (χ3v) is 6.57. The highest BCUT2D eigenvalue weighted by molar-refractivity contribution is 6.30. The van der Waals surface area contributed by atoms with Crippen LogP contribution >= 0.6 is 11.6 Å². The summed E-state index contributed by atoms with van der Waals surface area (Å²) in [5, 5.41) is 30.6. The summed E-state index contributed by atoms with van der Waals surface area (Å²) in [5.41, 5.74) is -0.899. The molecule has 38 heavy (non-hydrogen) atoms. The quantitative estimate of drug-likeness (QED) is 0.231. The summed E-state index contributed by atoms with van der Waals surface area (Å²) >= 11 is 6.11. The van der Waals surface area contributed by atoms with Gasteiger partial charge in [-0.1, -0.05) is 41.9 Å². The molecular formula is C27H26ClN3O7. The summed E-state index contributed by atoms with van der Waals surface area (Å²) in [5.74, 6) is -0.560. The Bertz CT molecular complexity index is 1370. The van der Waals surface area contributed by atoms with Gasteiger partial charge in [-0.15, -0.1) is 0 Å². The molecule has 0 radical (unpaired) electrons. The van der Waals surface area contributed by atoms with Crippen LogP contribution in [0.25, 0.3) is 0 Å². The molecule has 11 heteroatoms. The fraction of sp³-hybridized carbons (Fsp3) is 0.259. The highest BCUT2D eigenvalue weighted by Gasteiger charge is 2.58. The number of methoxy groups -OCH3 is 2. The van der Waals surface area contributed by atoms with Crippen LogP contribution in [0, 0.1) is 10.1 Å². The van der Waals surface area contributed by atoms with Gasteiger partial charge in [-0.05, 0) is 42.8 Å². The molecule has 0 aliphatic carbocycles. The molecule has 0 unspecified atom stereocenters. The fourth-order valence-electron chi connectivity index (χ4n) is 4.49. The zero-order chi connectivity index (χ0) is 27.4. The number of halogens is 1. The van der Waals surface area contributed by atoms with Crippen molar-refractivity contribution in [2.45, 2.75) is 25.0 Å². The number of esters is 1. The minimum atomic E-state index is -1.90. The van der Waals surface area contributed by atoms with Gasteiger partial charge in [-0.2, -0.15) is 5.10 Å². The van der Waals surface area contributed by atoms with Gasteiger partial charge < -0.3 is 19.3 Å². The Kier molecular flexibility index (Phi) is 7.84. The summed E-state index contributed by atoms with van der Waals surface area (Å²) in [7, 11) is 2.71. The van der Waals surface area contributed by atoms with Crippen LogP contribution in [0.1, 0.15) is 30.6 Å². The van der Waals surface area contributed by atoms with Crippen molar-refractivity contribution in [3.8, 4) is 11.5 Å². The maximum absolute atomic E-state index is 13.8. The number of ether oxygens (including phenoxy) is 3. The maximum Gasteiger partial charge on any atom is 0.337 e. The lowest BCUT2D eigenvalue weighted by Gasteiger charge is -2.38. The molecule has 3 aromatic carbocycles. The highest BCUT2D eigenvalue weighted by atomic mass is 35.5. The van der Waals surface area contributed by atoms with Crippen molar-refractivity contribution in [1.29, 1.82) is 0 Å². The minimum Gasteiger partial charge on any atom is -0.493 e. The first-order valence-corrected chi connectivity index (χ1v) is 12.1. The second-order valence-electron chi connectivity index (χ2n) is 8.45. The standard InChI is InChI=1S/C27H26ClN3O7/c1-4-38-26(33)27(25(32)20-14-23(36-2)24(37-3)15-22(20)31(34)35)16-21(17-8-6-5-7-9-17)29-30(27)19-12-10-18(28)11-13-19/h5-15,25,32H,4,16H2,1-3H3/t25-,27+/m1/s1. The second kappa shape index (κ2) is 11.1. The van der Waals surface area contributed by atoms with Crippen LogP contribution in [0.5, 0.6) is 11.5 Å². The number of nitro benzene ring substituents is 1. The van der Waals surface area contributed by atoms with Crippen LogP contribution in [-0.4, -0.2) is 48.1 Å². The number of rotatable bonds is 9. The SMILES string of the molecule is CCOC(=O)[C@@]1([C@H](O)c2cc(OC)c(OC)cc2[N+](=O)[O-])CC(c2ccccc2)=NN1c1ccc(Cl)cc1. The lowest BCUT2D eigenvalue weighted by atomic mass is 9.81. The second-order valence-corrected chi connectivity index (χ2v) is 8.88. The largest absolute Gasteiger partial charge is 0.493 e. The maximum atomic E-state index is 13.8. The normalized spacial score (nSPS) is 17.5. The Morgan fingerprint density at radius 2 is 1.76 bits per heavy atom. The van der Waals surface area contributed by atoms with Crippen molar-refractivity contribution in [3.05, 3.63) is 93.0 Å².